The highest BCUT2D eigenvalue weighted by atomic mass is 17.2. The molecule has 32 heavy (non-hydrogen) atoms. The van der Waals surface area contributed by atoms with Gasteiger partial charge >= 0.3 is 5.97 Å². The second kappa shape index (κ2) is 9.19. The van der Waals surface area contributed by atoms with Crippen LogP contribution >= 0.6 is 0 Å². The molecular weight excluding hydrogens is 416 g/mol. The third kappa shape index (κ3) is 4.33. The first-order chi connectivity index (χ1) is 15.5. The molecule has 0 saturated carbocycles. The standard InChI is InChI=1S/C23H21N2O7/c26-21(24-12-2-1-5-19(24)23(27)28)10-8-15-4-3-6-18(25(29)30)22(15)17-7-9-20-16(14-17)11-13-31-32-20/h3-4,7-10,14,19H,1-2,5,11-13H2,(H,27,28)/b10-8+. The number of likely N-dealkylation sites (tertiary alicyclic amines) is 1. The monoisotopic (exact) mass is 437 g/mol. The number of carbonyl (C=O) groups is 2. The van der Waals surface area contributed by atoms with Crippen molar-refractivity contribution in [1.29, 1.82) is 0 Å². The number of hydrogen-bond acceptors (Lipinski definition) is 6. The second-order valence-corrected chi connectivity index (χ2v) is 7.61. The fourth-order valence-electron chi connectivity index (χ4n) is 4.07. The lowest BCUT2D eigenvalue weighted by Crippen LogP contribution is -2.47. The number of fused-ring (bicyclic) bond motifs is 1. The van der Waals surface area contributed by atoms with E-state index in [1.807, 2.05) is 0 Å². The number of carbonyl (C=O) groups excluding carboxylic acids is 1. The van der Waals surface area contributed by atoms with Gasteiger partial charge in [-0.1, -0.05) is 12.1 Å². The highest BCUT2D eigenvalue weighted by Gasteiger charge is 2.31. The molecule has 9 heteroatoms. The number of nitro groups is 1. The molecule has 2 aromatic carbocycles. The van der Waals surface area contributed by atoms with Crippen LogP contribution in [0.25, 0.3) is 17.2 Å². The van der Waals surface area contributed by atoms with E-state index in [1.165, 1.54) is 23.1 Å². The van der Waals surface area contributed by atoms with E-state index in [1.54, 1.807) is 24.3 Å². The Morgan fingerprint density at radius 3 is 2.91 bits per heavy atom. The van der Waals surface area contributed by atoms with Gasteiger partial charge in [-0.2, -0.15) is 4.89 Å². The number of aliphatic carboxylic acids is 1. The van der Waals surface area contributed by atoms with E-state index in [2.05, 4.69) is 6.07 Å². The minimum atomic E-state index is -1.03. The largest absolute Gasteiger partial charge is 0.480 e. The summed E-state index contributed by atoms with van der Waals surface area (Å²) < 4.78 is 0. The van der Waals surface area contributed by atoms with Crippen LogP contribution < -0.4 is 4.89 Å². The van der Waals surface area contributed by atoms with E-state index in [0.717, 1.165) is 18.4 Å². The lowest BCUT2D eigenvalue weighted by molar-refractivity contribution is -0.384. The summed E-state index contributed by atoms with van der Waals surface area (Å²) in [5, 5.41) is 21.1. The maximum absolute atomic E-state index is 12.7. The number of benzene rings is 2. The van der Waals surface area contributed by atoms with E-state index in [4.69, 9.17) is 9.78 Å². The van der Waals surface area contributed by atoms with E-state index in [0.29, 0.717) is 48.4 Å². The van der Waals surface area contributed by atoms with Crippen molar-refractivity contribution in [3.05, 3.63) is 63.7 Å². The molecule has 0 aliphatic carbocycles. The number of hydrogen-bond donors (Lipinski definition) is 1. The lowest BCUT2D eigenvalue weighted by Gasteiger charge is -2.32. The Labute approximate surface area is 183 Å². The van der Waals surface area contributed by atoms with Crippen LogP contribution in [0, 0.1) is 16.2 Å². The van der Waals surface area contributed by atoms with E-state index >= 15 is 0 Å². The molecule has 0 aromatic heterocycles. The van der Waals surface area contributed by atoms with E-state index < -0.39 is 22.8 Å². The SMILES string of the molecule is O=C(O)C1CCCCN1C(=O)/C=C/c1cc[c]c([N+](=O)[O-])c1-c1ccc2c(c1)CCOO2. The fourth-order valence-corrected chi connectivity index (χ4v) is 4.07. The average molecular weight is 437 g/mol. The smallest absolute Gasteiger partial charge is 0.326 e. The summed E-state index contributed by atoms with van der Waals surface area (Å²) in [6, 6.07) is 10.1. The predicted octanol–water partition coefficient (Wildman–Crippen LogP) is 3.41. The highest BCUT2D eigenvalue weighted by molar-refractivity contribution is 5.96. The molecule has 1 N–H and O–H groups in total. The van der Waals surface area contributed by atoms with Crippen molar-refractivity contribution in [3.8, 4) is 16.9 Å². The molecule has 2 aliphatic heterocycles. The summed E-state index contributed by atoms with van der Waals surface area (Å²) in [6.07, 6.45) is 5.27. The molecule has 2 heterocycles. The number of carboxylic acid groups (broad SMARTS) is 1. The highest BCUT2D eigenvalue weighted by Crippen LogP contribution is 2.37. The maximum Gasteiger partial charge on any atom is 0.326 e. The van der Waals surface area contributed by atoms with Crippen molar-refractivity contribution >= 4 is 23.6 Å². The van der Waals surface area contributed by atoms with Crippen molar-refractivity contribution in [2.24, 2.45) is 0 Å². The minimum absolute atomic E-state index is 0.214. The van der Waals surface area contributed by atoms with Gasteiger partial charge in [-0.05, 0) is 54.7 Å². The first-order valence-corrected chi connectivity index (χ1v) is 10.3. The van der Waals surface area contributed by atoms with Gasteiger partial charge in [-0.3, -0.25) is 14.9 Å². The van der Waals surface area contributed by atoms with Crippen LogP contribution in [0.3, 0.4) is 0 Å². The van der Waals surface area contributed by atoms with Crippen LogP contribution in [0.2, 0.25) is 0 Å². The molecule has 1 radical (unpaired) electrons. The number of carboxylic acids is 1. The van der Waals surface area contributed by atoms with Crippen molar-refractivity contribution < 1.29 is 29.4 Å². The lowest BCUT2D eigenvalue weighted by atomic mass is 9.94. The van der Waals surface area contributed by atoms with Crippen molar-refractivity contribution in [3.63, 3.8) is 0 Å². The number of amides is 1. The minimum Gasteiger partial charge on any atom is -0.480 e. The summed E-state index contributed by atoms with van der Waals surface area (Å²) in [5.41, 5.74) is 2.01. The molecule has 165 valence electrons. The zero-order valence-corrected chi connectivity index (χ0v) is 17.2. The Kier molecular flexibility index (Phi) is 6.18. The topological polar surface area (TPSA) is 119 Å². The predicted molar refractivity (Wildman–Crippen MR) is 114 cm³/mol. The van der Waals surface area contributed by atoms with Gasteiger partial charge in [0.15, 0.2) is 5.75 Å². The van der Waals surface area contributed by atoms with Gasteiger partial charge in [0.25, 0.3) is 5.69 Å². The molecule has 1 amide bonds. The Balaban J connectivity index is 1.70. The average Bonchev–Trinajstić information content (AvgIpc) is 2.81. The Hall–Kier alpha value is -3.72. The number of nitro benzene ring substituents is 1. The van der Waals surface area contributed by atoms with Crippen LogP contribution in [-0.4, -0.2) is 46.0 Å². The zero-order valence-electron chi connectivity index (χ0n) is 17.2. The van der Waals surface area contributed by atoms with Gasteiger partial charge in [0.05, 0.1) is 23.2 Å². The first-order valence-electron chi connectivity index (χ1n) is 10.3. The molecule has 2 aromatic rings. The van der Waals surface area contributed by atoms with Crippen LogP contribution in [0.1, 0.15) is 30.4 Å². The summed E-state index contributed by atoms with van der Waals surface area (Å²) >= 11 is 0. The molecule has 9 nitrogen and oxygen atoms in total. The first kappa shape index (κ1) is 21.5. The third-order valence-electron chi connectivity index (χ3n) is 5.62. The van der Waals surface area contributed by atoms with Gasteiger partial charge in [0.1, 0.15) is 6.04 Å². The summed E-state index contributed by atoms with van der Waals surface area (Å²) in [4.78, 5) is 46.9. The van der Waals surface area contributed by atoms with Crippen molar-refractivity contribution in [2.75, 3.05) is 13.2 Å². The number of piperidine rings is 1. The fraction of sp³-hybridized carbons (Fsp3) is 0.304. The van der Waals surface area contributed by atoms with Crippen molar-refractivity contribution in [1.82, 2.24) is 4.90 Å². The van der Waals surface area contributed by atoms with E-state index in [9.17, 15) is 24.8 Å². The molecule has 2 aliphatic rings. The zero-order chi connectivity index (χ0) is 22.7. The van der Waals surface area contributed by atoms with Crippen molar-refractivity contribution in [2.45, 2.75) is 31.7 Å². The Morgan fingerprint density at radius 2 is 2.12 bits per heavy atom. The summed E-state index contributed by atoms with van der Waals surface area (Å²) in [7, 11) is 0. The number of nitrogens with zero attached hydrogens (tertiary/aromatic N) is 2. The van der Waals surface area contributed by atoms with Gasteiger partial charge in [0, 0.05) is 24.6 Å². The van der Waals surface area contributed by atoms with Crippen LogP contribution in [-0.2, 0) is 20.9 Å². The van der Waals surface area contributed by atoms with Crippen LogP contribution in [0.15, 0.2) is 36.4 Å². The Morgan fingerprint density at radius 1 is 1.28 bits per heavy atom. The van der Waals surface area contributed by atoms with Crippen LogP contribution in [0.4, 0.5) is 5.69 Å². The summed E-state index contributed by atoms with van der Waals surface area (Å²) in [6.45, 7) is 0.740. The maximum atomic E-state index is 12.7. The van der Waals surface area contributed by atoms with E-state index in [-0.39, 0.29) is 5.69 Å². The van der Waals surface area contributed by atoms with Gasteiger partial charge in [0.2, 0.25) is 5.91 Å². The van der Waals surface area contributed by atoms with Crippen LogP contribution in [0.5, 0.6) is 5.75 Å². The van der Waals surface area contributed by atoms with Gasteiger partial charge in [-0.25, -0.2) is 4.79 Å². The number of rotatable bonds is 5. The molecule has 1 unspecified atom stereocenters. The normalized spacial score (nSPS) is 18.1. The molecule has 0 spiro atoms. The molecular formula is C23H21N2O7. The third-order valence-corrected chi connectivity index (χ3v) is 5.62. The molecule has 0 bridgehead atoms. The quantitative estimate of drug-likeness (QED) is 0.329. The van der Waals surface area contributed by atoms with Gasteiger partial charge < -0.3 is 14.9 Å². The van der Waals surface area contributed by atoms with Gasteiger partial charge in [-0.15, -0.1) is 0 Å². The second-order valence-electron chi connectivity index (χ2n) is 7.61. The molecule has 1 fully saturated rings. The molecule has 1 saturated heterocycles. The molecule has 4 rings (SSSR count). The summed E-state index contributed by atoms with van der Waals surface area (Å²) in [5.74, 6) is -0.911. The Bertz CT molecular complexity index is 1100. The molecule has 1 atom stereocenters.